The van der Waals surface area contributed by atoms with Crippen LogP contribution in [-0.4, -0.2) is 7.07 Å². The van der Waals surface area contributed by atoms with Gasteiger partial charge in [-0.1, -0.05) is 5.92 Å². The molecular formula is C26H6BN. The summed E-state index contributed by atoms with van der Waals surface area (Å²) < 4.78 is 0. The minimum atomic E-state index is 1.30. The van der Waals surface area contributed by atoms with Crippen molar-refractivity contribution in [2.45, 2.75) is 13.8 Å². The van der Waals surface area contributed by atoms with Gasteiger partial charge in [-0.25, -0.2) is 0 Å². The van der Waals surface area contributed by atoms with Crippen LogP contribution in [0.25, 0.3) is 0 Å². The average Bonchev–Trinajstić information content (AvgIpc) is 2.71. The quantitative estimate of drug-likeness (QED) is 0.457. The van der Waals surface area contributed by atoms with Crippen LogP contribution < -0.4 is 0 Å². The summed E-state index contributed by atoms with van der Waals surface area (Å²) in [6.45, 7) is 3.39. The third kappa shape index (κ3) is 20.6. The molecule has 0 bridgehead atoms. The minimum Gasteiger partial charge on any atom is -0.0925 e. The van der Waals surface area contributed by atoms with Gasteiger partial charge in [-0.2, -0.15) is 0 Å². The van der Waals surface area contributed by atoms with Gasteiger partial charge < -0.3 is 0 Å². The van der Waals surface area contributed by atoms with Crippen LogP contribution in [-0.2, 0) is 0 Å². The van der Waals surface area contributed by atoms with E-state index in [9.17, 15) is 0 Å². The van der Waals surface area contributed by atoms with Crippen molar-refractivity contribution in [3.8, 4) is 142 Å². The van der Waals surface area contributed by atoms with Crippen molar-refractivity contribution in [2.24, 2.45) is 4.90 Å². The first-order valence-electron chi connectivity index (χ1n) is 7.27. The van der Waals surface area contributed by atoms with Crippen LogP contribution in [0.15, 0.2) is 4.90 Å². The average molecular weight is 343 g/mol. The van der Waals surface area contributed by atoms with Crippen molar-refractivity contribution in [1.82, 2.24) is 0 Å². The van der Waals surface area contributed by atoms with Gasteiger partial charge in [-0.05, 0) is 13.8 Å². The molecule has 0 saturated carbocycles. The summed E-state index contributed by atoms with van der Waals surface area (Å²) in [6.07, 6.45) is 0. The molecule has 2 heteroatoms. The van der Waals surface area contributed by atoms with Gasteiger partial charge in [-0.3, -0.25) is 0 Å². The summed E-state index contributed by atoms with van der Waals surface area (Å²) >= 11 is 0. The van der Waals surface area contributed by atoms with Crippen LogP contribution in [0.5, 0.6) is 0 Å². The Kier molecular flexibility index (Phi) is 17.4. The van der Waals surface area contributed by atoms with Gasteiger partial charge in [0.05, 0.1) is 0 Å². The fraction of sp³-hybridized carbons (Fsp3) is 0.0769. The Morgan fingerprint density at radius 2 is 0.714 bits per heavy atom. The van der Waals surface area contributed by atoms with Crippen molar-refractivity contribution < 1.29 is 0 Å². The number of nitrogens with zero attached hydrogens (tertiary/aromatic N) is 1. The zero-order valence-corrected chi connectivity index (χ0v) is 15.0. The van der Waals surface area contributed by atoms with Gasteiger partial charge in [0.15, 0.2) is 0 Å². The van der Waals surface area contributed by atoms with E-state index in [2.05, 4.69) is 147 Å². The van der Waals surface area contributed by atoms with Crippen LogP contribution in [0.4, 0.5) is 0 Å². The molecule has 0 radical (unpaired) electrons. The molecule has 0 atom stereocenters. The predicted octanol–water partition coefficient (Wildman–Crippen LogP) is 0.870. The maximum absolute atomic E-state index is 3.71. The maximum atomic E-state index is 3.71. The molecule has 0 N–H and O–H groups in total. The number of rotatable bonds is 0. The standard InChI is InChI=1S/C26H6BN/c1-3-5-7-9-11-13-15-17-19-21-23-25-27-28-26-24-22-20-18-16-14-12-10-8-6-4-2/h1-2H3. The van der Waals surface area contributed by atoms with Gasteiger partial charge >= 0.3 is 148 Å². The first-order valence-corrected chi connectivity index (χ1v) is 7.27. The third-order valence-corrected chi connectivity index (χ3v) is 1.70. The summed E-state index contributed by atoms with van der Waals surface area (Å²) in [5, 5.41) is 0. The van der Waals surface area contributed by atoms with E-state index in [0.29, 0.717) is 0 Å². The molecule has 0 heterocycles. The third-order valence-electron chi connectivity index (χ3n) is 1.70. The Morgan fingerprint density at radius 3 is 1.11 bits per heavy atom. The van der Waals surface area contributed by atoms with Gasteiger partial charge in [-0.15, -0.1) is 0 Å². The number of hydrogen-bond acceptors (Lipinski definition) is 1. The molecule has 0 amide bonds. The van der Waals surface area contributed by atoms with Crippen LogP contribution in [0.2, 0.25) is 0 Å². The SMILES string of the molecule is CC#CC#CC#CC#CC#CC#C/B=N/C#CC#CC#CC#CC#CC#CC. The van der Waals surface area contributed by atoms with E-state index >= 15 is 0 Å². The van der Waals surface area contributed by atoms with Crippen molar-refractivity contribution in [2.75, 3.05) is 0 Å². The molecule has 0 unspecified atom stereocenters. The van der Waals surface area contributed by atoms with Gasteiger partial charge in [0.1, 0.15) is 0 Å². The Bertz CT molecular complexity index is 1270. The monoisotopic (exact) mass is 343 g/mol. The van der Waals surface area contributed by atoms with Gasteiger partial charge in [0.2, 0.25) is 0 Å². The Labute approximate surface area is 168 Å². The molecule has 0 aromatic rings. The number of hydrogen-bond donors (Lipinski definition) is 0. The van der Waals surface area contributed by atoms with Crippen LogP contribution in [0.3, 0.4) is 0 Å². The molecule has 0 aromatic carbocycles. The zero-order valence-electron chi connectivity index (χ0n) is 15.0. The summed E-state index contributed by atoms with van der Waals surface area (Å²) in [5.41, 5.74) is 0. The van der Waals surface area contributed by atoms with E-state index in [1.54, 1.807) is 13.8 Å². The molecule has 0 spiro atoms. The second-order valence-corrected chi connectivity index (χ2v) is 3.51. The van der Waals surface area contributed by atoms with E-state index in [4.69, 9.17) is 0 Å². The molecule has 1 nitrogen and oxygen atoms in total. The first kappa shape index (κ1) is 22.6. The minimum absolute atomic E-state index is 1.30. The van der Waals surface area contributed by atoms with Crippen molar-refractivity contribution in [3.63, 3.8) is 0 Å². The molecule has 28 heavy (non-hydrogen) atoms. The summed E-state index contributed by atoms with van der Waals surface area (Å²) in [6, 6.07) is 2.44. The molecule has 0 aliphatic carbocycles. The van der Waals surface area contributed by atoms with E-state index in [0.717, 1.165) is 0 Å². The molecule has 0 aromatic heterocycles. The smallest absolute Gasteiger partial charge is 0.0925 e. The van der Waals surface area contributed by atoms with Crippen molar-refractivity contribution in [3.05, 3.63) is 0 Å². The second-order valence-electron chi connectivity index (χ2n) is 3.51. The molecule has 0 saturated heterocycles. The van der Waals surface area contributed by atoms with Crippen LogP contribution in [0.1, 0.15) is 13.8 Å². The van der Waals surface area contributed by atoms with E-state index in [1.807, 2.05) is 0 Å². The van der Waals surface area contributed by atoms with E-state index < -0.39 is 0 Å². The Hall–Kier alpha value is -5.42. The molecule has 118 valence electrons. The first-order chi connectivity index (χ1) is 13.9. The summed E-state index contributed by atoms with van der Waals surface area (Å²) in [4.78, 5) is 3.71. The molecule has 0 fully saturated rings. The fourth-order valence-electron chi connectivity index (χ4n) is 0.818. The molecule has 0 rings (SSSR count). The summed E-state index contributed by atoms with van der Waals surface area (Å²) in [7, 11) is 1.30. The zero-order chi connectivity index (χ0) is 20.4. The molecule has 0 aliphatic heterocycles. The van der Waals surface area contributed by atoms with E-state index in [1.165, 1.54) is 7.07 Å². The summed E-state index contributed by atoms with van der Waals surface area (Å²) in [5.74, 6) is 58.2. The van der Waals surface area contributed by atoms with Gasteiger partial charge in [0, 0.05) is 0 Å². The normalized spacial score (nSPS) is 4.50. The van der Waals surface area contributed by atoms with Crippen LogP contribution >= 0.6 is 0 Å². The molecule has 0 aliphatic rings. The van der Waals surface area contributed by atoms with E-state index in [-0.39, 0.29) is 0 Å². The Morgan fingerprint density at radius 1 is 0.393 bits per heavy atom. The van der Waals surface area contributed by atoms with Gasteiger partial charge in [0.25, 0.3) is 0 Å². The fourth-order valence-corrected chi connectivity index (χ4v) is 0.818. The second kappa shape index (κ2) is 21.6. The van der Waals surface area contributed by atoms with Crippen molar-refractivity contribution in [1.29, 1.82) is 0 Å². The molecular weight excluding hydrogens is 337 g/mol. The van der Waals surface area contributed by atoms with Crippen molar-refractivity contribution >= 4 is 7.07 Å². The van der Waals surface area contributed by atoms with Crippen LogP contribution in [0, 0.1) is 142 Å². The Balaban J connectivity index is 4.37. The topological polar surface area (TPSA) is 12.4 Å². The predicted molar refractivity (Wildman–Crippen MR) is 113 cm³/mol.